The standard InChI is InChI=1S/C21H25NO4S/c1-25-17-9-10-20(26-2)18(13-17)19-8-5-11-22(19)21(23)16-7-4-6-15(12-16)14-27(3)24/h4,6-7,9-10,12-13,19H,5,8,11,14H2,1-3H3. The number of amides is 1. The number of ether oxygens (including phenoxy) is 2. The van der Waals surface area contributed by atoms with Gasteiger partial charge in [-0.05, 0) is 48.7 Å². The van der Waals surface area contributed by atoms with Gasteiger partial charge in [0.15, 0.2) is 0 Å². The molecule has 2 aromatic rings. The Morgan fingerprint density at radius 1 is 1.19 bits per heavy atom. The van der Waals surface area contributed by atoms with Gasteiger partial charge in [0.05, 0.1) is 20.3 Å². The maximum atomic E-state index is 13.2. The van der Waals surface area contributed by atoms with Crippen LogP contribution in [0.2, 0.25) is 0 Å². The van der Waals surface area contributed by atoms with Crippen LogP contribution in [-0.4, -0.2) is 42.0 Å². The summed E-state index contributed by atoms with van der Waals surface area (Å²) in [5.74, 6) is 1.95. The van der Waals surface area contributed by atoms with Crippen LogP contribution < -0.4 is 9.47 Å². The third-order valence-electron chi connectivity index (χ3n) is 4.85. The van der Waals surface area contributed by atoms with E-state index in [1.54, 1.807) is 20.5 Å². The predicted octanol–water partition coefficient (Wildman–Crippen LogP) is 3.56. The summed E-state index contributed by atoms with van der Waals surface area (Å²) in [7, 11) is 2.33. The first kappa shape index (κ1) is 19.4. The molecule has 3 rings (SSSR count). The highest BCUT2D eigenvalue weighted by molar-refractivity contribution is 7.83. The molecule has 2 unspecified atom stereocenters. The second kappa shape index (κ2) is 8.57. The second-order valence-corrected chi connectivity index (χ2v) is 8.12. The SMILES string of the molecule is COc1ccc(OC)c(C2CCCN2C(=O)c2cccc(CS(C)=O)c2)c1. The Balaban J connectivity index is 1.91. The Morgan fingerprint density at radius 3 is 2.70 bits per heavy atom. The molecule has 1 saturated heterocycles. The van der Waals surface area contributed by atoms with Crippen molar-refractivity contribution in [1.82, 2.24) is 4.90 Å². The monoisotopic (exact) mass is 387 g/mol. The summed E-state index contributed by atoms with van der Waals surface area (Å²) in [4.78, 5) is 15.1. The molecule has 1 heterocycles. The molecule has 2 aromatic carbocycles. The lowest BCUT2D eigenvalue weighted by atomic mass is 10.0. The number of hydrogen-bond acceptors (Lipinski definition) is 4. The highest BCUT2D eigenvalue weighted by Gasteiger charge is 2.32. The van der Waals surface area contributed by atoms with E-state index in [0.717, 1.165) is 35.5 Å². The van der Waals surface area contributed by atoms with E-state index in [2.05, 4.69) is 0 Å². The van der Waals surface area contributed by atoms with Crippen molar-refractivity contribution < 1.29 is 18.5 Å². The molecule has 0 radical (unpaired) electrons. The van der Waals surface area contributed by atoms with Gasteiger partial charge in [0.1, 0.15) is 11.5 Å². The summed E-state index contributed by atoms with van der Waals surface area (Å²) in [5, 5.41) is 0. The summed E-state index contributed by atoms with van der Waals surface area (Å²) >= 11 is 0. The van der Waals surface area contributed by atoms with Crippen LogP contribution in [0, 0.1) is 0 Å². The van der Waals surface area contributed by atoms with Gasteiger partial charge in [-0.1, -0.05) is 12.1 Å². The molecular weight excluding hydrogens is 362 g/mol. The lowest BCUT2D eigenvalue weighted by molar-refractivity contribution is 0.0734. The van der Waals surface area contributed by atoms with Crippen LogP contribution in [0.15, 0.2) is 42.5 Å². The minimum atomic E-state index is -0.940. The van der Waals surface area contributed by atoms with Crippen molar-refractivity contribution >= 4 is 16.7 Å². The number of carbonyl (C=O) groups is 1. The smallest absolute Gasteiger partial charge is 0.254 e. The molecule has 144 valence electrons. The number of carbonyl (C=O) groups excluding carboxylic acids is 1. The van der Waals surface area contributed by atoms with E-state index in [9.17, 15) is 9.00 Å². The summed E-state index contributed by atoms with van der Waals surface area (Å²) in [5.41, 5.74) is 2.51. The zero-order valence-corrected chi connectivity index (χ0v) is 16.8. The van der Waals surface area contributed by atoms with Crippen LogP contribution in [-0.2, 0) is 16.6 Å². The Kier molecular flexibility index (Phi) is 6.16. The van der Waals surface area contributed by atoms with Crippen LogP contribution in [0.3, 0.4) is 0 Å². The summed E-state index contributed by atoms with van der Waals surface area (Å²) in [6, 6.07) is 13.1. The van der Waals surface area contributed by atoms with E-state index in [4.69, 9.17) is 9.47 Å². The van der Waals surface area contributed by atoms with E-state index in [-0.39, 0.29) is 11.9 Å². The molecule has 0 aliphatic carbocycles. The van der Waals surface area contributed by atoms with Gasteiger partial charge < -0.3 is 14.4 Å². The fraction of sp³-hybridized carbons (Fsp3) is 0.381. The maximum absolute atomic E-state index is 13.2. The van der Waals surface area contributed by atoms with Crippen molar-refractivity contribution in [3.8, 4) is 11.5 Å². The normalized spacial score (nSPS) is 17.6. The molecule has 0 bridgehead atoms. The Morgan fingerprint density at radius 2 is 2.00 bits per heavy atom. The first-order valence-electron chi connectivity index (χ1n) is 8.95. The Labute approximate surface area is 162 Å². The van der Waals surface area contributed by atoms with Crippen molar-refractivity contribution in [2.75, 3.05) is 27.0 Å². The predicted molar refractivity (Wildman–Crippen MR) is 107 cm³/mol. The molecule has 0 spiro atoms. The Bertz CT molecular complexity index is 852. The second-order valence-electron chi connectivity index (χ2n) is 6.68. The van der Waals surface area contributed by atoms with Crippen molar-refractivity contribution in [3.05, 3.63) is 59.2 Å². The van der Waals surface area contributed by atoms with E-state index in [1.165, 1.54) is 0 Å². The average molecular weight is 388 g/mol. The fourth-order valence-electron chi connectivity index (χ4n) is 3.63. The molecule has 1 fully saturated rings. The molecular formula is C21H25NO4S. The molecule has 5 nitrogen and oxygen atoms in total. The molecule has 0 saturated carbocycles. The molecule has 1 amide bonds. The van der Waals surface area contributed by atoms with Gasteiger partial charge in [-0.3, -0.25) is 9.00 Å². The van der Waals surface area contributed by atoms with E-state index in [0.29, 0.717) is 17.9 Å². The first-order valence-corrected chi connectivity index (χ1v) is 10.7. The quantitative estimate of drug-likeness (QED) is 0.761. The molecule has 0 aromatic heterocycles. The van der Waals surface area contributed by atoms with Gasteiger partial charge in [-0.2, -0.15) is 0 Å². The number of benzene rings is 2. The first-order chi connectivity index (χ1) is 13.0. The van der Waals surface area contributed by atoms with Gasteiger partial charge >= 0.3 is 0 Å². The lowest BCUT2D eigenvalue weighted by Gasteiger charge is -2.27. The molecule has 0 N–H and O–H groups in total. The lowest BCUT2D eigenvalue weighted by Crippen LogP contribution is -2.30. The van der Waals surface area contributed by atoms with Crippen LogP contribution in [0.4, 0.5) is 0 Å². The van der Waals surface area contributed by atoms with Gasteiger partial charge in [-0.15, -0.1) is 0 Å². The molecule has 2 atom stereocenters. The third-order valence-corrected chi connectivity index (χ3v) is 5.59. The van der Waals surface area contributed by atoms with Crippen molar-refractivity contribution in [2.24, 2.45) is 0 Å². The van der Waals surface area contributed by atoms with Crippen LogP contribution >= 0.6 is 0 Å². The van der Waals surface area contributed by atoms with E-state index < -0.39 is 10.8 Å². The molecule has 27 heavy (non-hydrogen) atoms. The largest absolute Gasteiger partial charge is 0.497 e. The number of rotatable bonds is 6. The van der Waals surface area contributed by atoms with Gasteiger partial charge in [0.2, 0.25) is 0 Å². The highest BCUT2D eigenvalue weighted by atomic mass is 32.2. The minimum Gasteiger partial charge on any atom is -0.497 e. The van der Waals surface area contributed by atoms with Gasteiger partial charge in [-0.25, -0.2) is 0 Å². The van der Waals surface area contributed by atoms with Crippen molar-refractivity contribution in [1.29, 1.82) is 0 Å². The average Bonchev–Trinajstić information content (AvgIpc) is 3.16. The van der Waals surface area contributed by atoms with Gasteiger partial charge in [0, 0.05) is 40.5 Å². The number of nitrogens with zero attached hydrogens (tertiary/aromatic N) is 1. The number of hydrogen-bond donors (Lipinski definition) is 0. The molecule has 1 aliphatic heterocycles. The van der Waals surface area contributed by atoms with E-state index in [1.807, 2.05) is 47.4 Å². The maximum Gasteiger partial charge on any atom is 0.254 e. The Hall–Kier alpha value is -2.34. The topological polar surface area (TPSA) is 55.8 Å². The van der Waals surface area contributed by atoms with Gasteiger partial charge in [0.25, 0.3) is 5.91 Å². The molecule has 1 aliphatic rings. The van der Waals surface area contributed by atoms with Crippen molar-refractivity contribution in [2.45, 2.75) is 24.6 Å². The fourth-order valence-corrected chi connectivity index (χ4v) is 4.28. The molecule has 6 heteroatoms. The number of likely N-dealkylation sites (tertiary alicyclic amines) is 1. The highest BCUT2D eigenvalue weighted by Crippen LogP contribution is 2.39. The van der Waals surface area contributed by atoms with Crippen LogP contribution in [0.25, 0.3) is 0 Å². The summed E-state index contributed by atoms with van der Waals surface area (Å²) < 4.78 is 22.4. The van der Waals surface area contributed by atoms with Crippen LogP contribution in [0.5, 0.6) is 11.5 Å². The van der Waals surface area contributed by atoms with Crippen molar-refractivity contribution in [3.63, 3.8) is 0 Å². The zero-order chi connectivity index (χ0) is 19.4. The summed E-state index contributed by atoms with van der Waals surface area (Å²) in [6.45, 7) is 0.702. The van der Waals surface area contributed by atoms with E-state index >= 15 is 0 Å². The number of methoxy groups -OCH3 is 2. The minimum absolute atomic E-state index is 0.00823. The van der Waals surface area contributed by atoms with Crippen LogP contribution in [0.1, 0.15) is 40.4 Å². The summed E-state index contributed by atoms with van der Waals surface area (Å²) in [6.07, 6.45) is 3.49. The zero-order valence-electron chi connectivity index (χ0n) is 15.9. The third kappa shape index (κ3) is 4.33.